The molecule has 0 saturated heterocycles. The first-order valence-corrected chi connectivity index (χ1v) is 3.46. The van der Waals surface area contributed by atoms with Crippen molar-refractivity contribution >= 4 is 21.7 Å². The number of aromatic nitrogens is 2. The molecule has 5 heteroatoms. The third kappa shape index (κ3) is 1.18. The minimum Gasteiger partial charge on any atom is -0.372 e. The van der Waals surface area contributed by atoms with E-state index >= 15 is 0 Å². The fourth-order valence-electron chi connectivity index (χ4n) is 0.557. The smallest absolute Gasteiger partial charge is 0.267 e. The van der Waals surface area contributed by atoms with Gasteiger partial charge < -0.3 is 10.3 Å². The molecule has 54 valence electrons. The van der Waals surface area contributed by atoms with Crippen LogP contribution in [0.1, 0.15) is 0 Å². The van der Waals surface area contributed by atoms with Crippen LogP contribution >= 0.6 is 15.9 Å². The van der Waals surface area contributed by atoms with E-state index in [9.17, 15) is 4.79 Å². The maximum atomic E-state index is 10.8. The summed E-state index contributed by atoms with van der Waals surface area (Å²) < 4.78 is 0.428. The summed E-state index contributed by atoms with van der Waals surface area (Å²) in [6.07, 6.45) is 1.35. The van der Waals surface area contributed by atoms with Gasteiger partial charge in [-0.2, -0.15) is 0 Å². The van der Waals surface area contributed by atoms with Gasteiger partial charge in [-0.05, 0) is 15.9 Å². The maximum absolute atomic E-state index is 10.8. The first-order valence-electron chi connectivity index (χ1n) is 2.66. The van der Waals surface area contributed by atoms with Gasteiger partial charge in [-0.15, -0.1) is 0 Å². The van der Waals surface area contributed by atoms with E-state index < -0.39 is 0 Å². The second-order valence-electron chi connectivity index (χ2n) is 1.64. The van der Waals surface area contributed by atoms with Crippen LogP contribution in [0.5, 0.6) is 0 Å². The van der Waals surface area contributed by atoms with Crippen LogP contribution in [0.4, 0.5) is 5.82 Å². The van der Waals surface area contributed by atoms with Gasteiger partial charge in [0.05, 0.1) is 6.33 Å². The van der Waals surface area contributed by atoms with Crippen molar-refractivity contribution in [3.8, 4) is 0 Å². The second kappa shape index (κ2) is 2.83. The number of aromatic amines is 1. The zero-order valence-electron chi connectivity index (χ0n) is 5.31. The molecule has 1 rings (SSSR count). The Kier molecular flexibility index (Phi) is 2.06. The van der Waals surface area contributed by atoms with Crippen molar-refractivity contribution in [2.45, 2.75) is 0 Å². The molecule has 0 fully saturated rings. The van der Waals surface area contributed by atoms with Gasteiger partial charge in [0.1, 0.15) is 10.3 Å². The standard InChI is InChI=1S/C5H6BrN3O/c1-7-4-3(6)5(10)9-2-8-4/h2H,1H3,(H2,7,8,9,10). The Labute approximate surface area is 65.8 Å². The van der Waals surface area contributed by atoms with Gasteiger partial charge >= 0.3 is 0 Å². The van der Waals surface area contributed by atoms with Crippen LogP contribution in [0.25, 0.3) is 0 Å². The number of anilines is 1. The lowest BCUT2D eigenvalue weighted by Crippen LogP contribution is -2.09. The van der Waals surface area contributed by atoms with Gasteiger partial charge in [0.2, 0.25) is 0 Å². The number of nitrogens with one attached hydrogen (secondary N) is 2. The molecule has 0 aliphatic carbocycles. The van der Waals surface area contributed by atoms with E-state index in [-0.39, 0.29) is 5.56 Å². The van der Waals surface area contributed by atoms with Gasteiger partial charge in [0, 0.05) is 7.05 Å². The van der Waals surface area contributed by atoms with Gasteiger partial charge in [-0.1, -0.05) is 0 Å². The van der Waals surface area contributed by atoms with E-state index in [1.54, 1.807) is 7.05 Å². The number of hydrogen-bond donors (Lipinski definition) is 2. The van der Waals surface area contributed by atoms with E-state index in [0.29, 0.717) is 10.3 Å². The first-order chi connectivity index (χ1) is 4.75. The Morgan fingerprint density at radius 3 is 3.00 bits per heavy atom. The topological polar surface area (TPSA) is 57.8 Å². The fourth-order valence-corrected chi connectivity index (χ4v) is 0.972. The molecule has 0 aromatic carbocycles. The van der Waals surface area contributed by atoms with Crippen molar-refractivity contribution in [2.75, 3.05) is 12.4 Å². The number of halogens is 1. The van der Waals surface area contributed by atoms with E-state index in [0.717, 1.165) is 0 Å². The van der Waals surface area contributed by atoms with Gasteiger partial charge in [-0.3, -0.25) is 4.79 Å². The Hall–Kier alpha value is -0.840. The van der Waals surface area contributed by atoms with Crippen molar-refractivity contribution in [1.82, 2.24) is 9.97 Å². The maximum Gasteiger partial charge on any atom is 0.267 e. The Balaban J connectivity index is 3.28. The molecule has 0 atom stereocenters. The summed E-state index contributed by atoms with van der Waals surface area (Å²) in [6.45, 7) is 0. The second-order valence-corrected chi connectivity index (χ2v) is 2.44. The summed E-state index contributed by atoms with van der Waals surface area (Å²) >= 11 is 3.07. The normalized spacial score (nSPS) is 9.40. The van der Waals surface area contributed by atoms with Crippen LogP contribution < -0.4 is 10.9 Å². The Morgan fingerprint density at radius 1 is 1.80 bits per heavy atom. The van der Waals surface area contributed by atoms with Crippen molar-refractivity contribution in [1.29, 1.82) is 0 Å². The fraction of sp³-hybridized carbons (Fsp3) is 0.200. The highest BCUT2D eigenvalue weighted by atomic mass is 79.9. The Morgan fingerprint density at radius 2 is 2.50 bits per heavy atom. The number of hydrogen-bond acceptors (Lipinski definition) is 3. The minimum absolute atomic E-state index is 0.181. The van der Waals surface area contributed by atoms with E-state index in [1.165, 1.54) is 6.33 Å². The summed E-state index contributed by atoms with van der Waals surface area (Å²) in [7, 11) is 1.70. The van der Waals surface area contributed by atoms with Crippen LogP contribution in [0.2, 0.25) is 0 Å². The van der Waals surface area contributed by atoms with Crippen LogP contribution in [0.15, 0.2) is 15.6 Å². The van der Waals surface area contributed by atoms with Gasteiger partial charge in [-0.25, -0.2) is 4.98 Å². The molecule has 1 heterocycles. The molecule has 1 aromatic heterocycles. The lowest BCUT2D eigenvalue weighted by molar-refractivity contribution is 1.10. The third-order valence-corrected chi connectivity index (χ3v) is 1.77. The highest BCUT2D eigenvalue weighted by molar-refractivity contribution is 9.10. The summed E-state index contributed by atoms with van der Waals surface area (Å²) in [6, 6.07) is 0. The van der Waals surface area contributed by atoms with Crippen LogP contribution in [-0.4, -0.2) is 17.0 Å². The molecule has 10 heavy (non-hydrogen) atoms. The molecule has 0 aliphatic rings. The van der Waals surface area contributed by atoms with E-state index in [2.05, 4.69) is 31.2 Å². The number of nitrogens with zero attached hydrogens (tertiary/aromatic N) is 1. The summed E-state index contributed by atoms with van der Waals surface area (Å²) in [4.78, 5) is 17.1. The SMILES string of the molecule is CNc1nc[nH]c(=O)c1Br. The summed E-state index contributed by atoms with van der Waals surface area (Å²) in [5.74, 6) is 0.545. The zero-order valence-corrected chi connectivity index (χ0v) is 6.90. The van der Waals surface area contributed by atoms with E-state index in [4.69, 9.17) is 0 Å². The molecule has 0 bridgehead atoms. The van der Waals surface area contributed by atoms with Gasteiger partial charge in [0.15, 0.2) is 0 Å². The quantitative estimate of drug-likeness (QED) is 0.703. The minimum atomic E-state index is -0.181. The van der Waals surface area contributed by atoms with Crippen molar-refractivity contribution in [3.63, 3.8) is 0 Å². The number of rotatable bonds is 1. The molecule has 2 N–H and O–H groups in total. The lowest BCUT2D eigenvalue weighted by Gasteiger charge is -1.97. The van der Waals surface area contributed by atoms with Crippen molar-refractivity contribution < 1.29 is 0 Å². The molecule has 0 aliphatic heterocycles. The van der Waals surface area contributed by atoms with Crippen LogP contribution in [0.3, 0.4) is 0 Å². The lowest BCUT2D eigenvalue weighted by atomic mass is 10.6. The summed E-state index contributed by atoms with van der Waals surface area (Å²) in [5.41, 5.74) is -0.181. The van der Waals surface area contributed by atoms with Crippen molar-refractivity contribution in [2.24, 2.45) is 0 Å². The molecule has 0 saturated carbocycles. The molecule has 0 unspecified atom stereocenters. The molecule has 1 aromatic rings. The number of H-pyrrole nitrogens is 1. The largest absolute Gasteiger partial charge is 0.372 e. The van der Waals surface area contributed by atoms with E-state index in [1.807, 2.05) is 0 Å². The van der Waals surface area contributed by atoms with Crippen LogP contribution in [-0.2, 0) is 0 Å². The molecule has 0 amide bonds. The highest BCUT2D eigenvalue weighted by Gasteiger charge is 2.00. The molecular formula is C5H6BrN3O. The predicted molar refractivity (Wildman–Crippen MR) is 42.1 cm³/mol. The van der Waals surface area contributed by atoms with Crippen molar-refractivity contribution in [3.05, 3.63) is 21.2 Å². The summed E-state index contributed by atoms with van der Waals surface area (Å²) in [5, 5.41) is 2.76. The molecular weight excluding hydrogens is 198 g/mol. The first kappa shape index (κ1) is 7.27. The molecule has 4 nitrogen and oxygen atoms in total. The average Bonchev–Trinajstić information content (AvgIpc) is 1.95. The average molecular weight is 204 g/mol. The highest BCUT2D eigenvalue weighted by Crippen LogP contribution is 2.10. The third-order valence-electron chi connectivity index (χ3n) is 1.03. The molecule has 0 radical (unpaired) electrons. The Bertz CT molecular complexity index is 282. The molecule has 0 spiro atoms. The zero-order chi connectivity index (χ0) is 7.56. The van der Waals surface area contributed by atoms with Crippen LogP contribution in [0, 0.1) is 0 Å². The van der Waals surface area contributed by atoms with Gasteiger partial charge in [0.25, 0.3) is 5.56 Å². The monoisotopic (exact) mass is 203 g/mol. The predicted octanol–water partition coefficient (Wildman–Crippen LogP) is 0.574.